The van der Waals surface area contributed by atoms with Crippen molar-refractivity contribution in [3.8, 4) is 0 Å². The number of thiophene rings is 2. The van der Waals surface area contributed by atoms with E-state index < -0.39 is 0 Å². The molecule has 1 atom stereocenters. The Morgan fingerprint density at radius 2 is 2.36 bits per heavy atom. The van der Waals surface area contributed by atoms with Gasteiger partial charge in [0.1, 0.15) is 0 Å². The van der Waals surface area contributed by atoms with E-state index in [1.165, 1.54) is 10.4 Å². The Kier molecular flexibility index (Phi) is 5.08. The smallest absolute Gasteiger partial charge is 0.244 e. The van der Waals surface area contributed by atoms with Gasteiger partial charge < -0.3 is 5.32 Å². The minimum absolute atomic E-state index is 0.0220. The van der Waals surface area contributed by atoms with E-state index in [0.29, 0.717) is 12.6 Å². The maximum atomic E-state index is 11.9. The lowest BCUT2D eigenvalue weighted by Gasteiger charge is -2.32. The van der Waals surface area contributed by atoms with Gasteiger partial charge in [0.15, 0.2) is 0 Å². The highest BCUT2D eigenvalue weighted by Crippen LogP contribution is 2.24. The normalized spacial score (nSPS) is 16.6. The molecule has 0 bridgehead atoms. The molecule has 2 aromatic heterocycles. The molecule has 0 fully saturated rings. The van der Waals surface area contributed by atoms with Crippen LogP contribution in [0.4, 0.5) is 0 Å². The van der Waals surface area contributed by atoms with Crippen LogP contribution in [0.2, 0.25) is 0 Å². The van der Waals surface area contributed by atoms with E-state index in [0.717, 1.165) is 25.1 Å². The first-order chi connectivity index (χ1) is 10.7. The summed E-state index contributed by atoms with van der Waals surface area (Å²) in [4.78, 5) is 15.8. The van der Waals surface area contributed by atoms with E-state index in [1.54, 1.807) is 17.4 Å². The lowest BCUT2D eigenvalue weighted by molar-refractivity contribution is -0.116. The fourth-order valence-electron chi connectivity index (χ4n) is 2.62. The highest BCUT2D eigenvalue weighted by molar-refractivity contribution is 7.10. The molecule has 0 spiro atoms. The third kappa shape index (κ3) is 3.85. The van der Waals surface area contributed by atoms with E-state index in [9.17, 15) is 4.79 Å². The van der Waals surface area contributed by atoms with Crippen molar-refractivity contribution < 1.29 is 4.79 Å². The van der Waals surface area contributed by atoms with E-state index in [-0.39, 0.29) is 5.91 Å². The Bertz CT molecular complexity index is 645. The monoisotopic (exact) mass is 332 g/mol. The maximum Gasteiger partial charge on any atom is 0.244 e. The zero-order valence-electron chi connectivity index (χ0n) is 12.6. The third-order valence-electron chi connectivity index (χ3n) is 4.00. The molecule has 3 rings (SSSR count). The predicted octanol–water partition coefficient (Wildman–Crippen LogP) is 3.39. The molecule has 0 saturated heterocycles. The van der Waals surface area contributed by atoms with Gasteiger partial charge in [0.2, 0.25) is 5.91 Å². The van der Waals surface area contributed by atoms with Crippen LogP contribution in [0.1, 0.15) is 22.9 Å². The van der Waals surface area contributed by atoms with Crippen LogP contribution in [-0.2, 0) is 17.8 Å². The first-order valence-corrected chi connectivity index (χ1v) is 9.32. The summed E-state index contributed by atoms with van der Waals surface area (Å²) in [5.41, 5.74) is 2.53. The second-order valence-corrected chi connectivity index (χ2v) is 7.35. The number of carbonyl (C=O) groups excluding carboxylic acids is 1. The molecule has 2 aromatic rings. The second-order valence-electron chi connectivity index (χ2n) is 5.57. The molecule has 1 N–H and O–H groups in total. The molecule has 0 radical (unpaired) electrons. The van der Waals surface area contributed by atoms with E-state index in [1.807, 2.05) is 34.2 Å². The van der Waals surface area contributed by atoms with Crippen molar-refractivity contribution in [2.75, 3.05) is 13.1 Å². The number of amides is 1. The number of hydrogen-bond acceptors (Lipinski definition) is 4. The summed E-state index contributed by atoms with van der Waals surface area (Å²) in [6.45, 7) is 4.95. The Hall–Kier alpha value is -1.43. The second kappa shape index (κ2) is 7.22. The summed E-state index contributed by atoms with van der Waals surface area (Å²) in [6.07, 6.45) is 4.60. The van der Waals surface area contributed by atoms with Gasteiger partial charge in [-0.15, -0.1) is 11.3 Å². The van der Waals surface area contributed by atoms with Crippen molar-refractivity contribution in [2.45, 2.75) is 25.9 Å². The Labute approximate surface area is 139 Å². The molecular weight excluding hydrogens is 312 g/mol. The number of nitrogens with zero attached hydrogens (tertiary/aromatic N) is 1. The minimum Gasteiger partial charge on any atom is -0.351 e. The number of fused-ring (bicyclic) bond motifs is 1. The molecule has 0 aromatic carbocycles. The van der Waals surface area contributed by atoms with Crippen LogP contribution in [0.25, 0.3) is 6.08 Å². The molecule has 0 saturated carbocycles. The van der Waals surface area contributed by atoms with Crippen LogP contribution in [0.5, 0.6) is 0 Å². The van der Waals surface area contributed by atoms with Gasteiger partial charge in [-0.25, -0.2) is 0 Å². The van der Waals surface area contributed by atoms with Crippen LogP contribution in [-0.4, -0.2) is 29.9 Å². The molecule has 0 aliphatic carbocycles. The molecule has 1 aliphatic heterocycles. The maximum absolute atomic E-state index is 11.9. The summed E-state index contributed by atoms with van der Waals surface area (Å²) in [5.74, 6) is -0.0220. The molecule has 3 nitrogen and oxygen atoms in total. The van der Waals surface area contributed by atoms with Crippen molar-refractivity contribution in [1.29, 1.82) is 0 Å². The van der Waals surface area contributed by atoms with Crippen LogP contribution >= 0.6 is 22.7 Å². The van der Waals surface area contributed by atoms with Crippen LogP contribution in [0.15, 0.2) is 34.3 Å². The van der Waals surface area contributed by atoms with Crippen molar-refractivity contribution in [1.82, 2.24) is 10.2 Å². The summed E-state index contributed by atoms with van der Waals surface area (Å²) in [6, 6.07) is 4.58. The molecular formula is C17H20N2OS2. The van der Waals surface area contributed by atoms with Gasteiger partial charge in [-0.1, -0.05) is 0 Å². The third-order valence-corrected chi connectivity index (χ3v) is 5.73. The zero-order chi connectivity index (χ0) is 15.4. The van der Waals surface area contributed by atoms with Gasteiger partial charge >= 0.3 is 0 Å². The Morgan fingerprint density at radius 3 is 3.18 bits per heavy atom. The first kappa shape index (κ1) is 15.5. The van der Waals surface area contributed by atoms with E-state index in [4.69, 9.17) is 0 Å². The number of carbonyl (C=O) groups is 1. The van der Waals surface area contributed by atoms with Gasteiger partial charge in [-0.3, -0.25) is 9.69 Å². The van der Waals surface area contributed by atoms with Crippen molar-refractivity contribution >= 4 is 34.7 Å². The van der Waals surface area contributed by atoms with Gasteiger partial charge in [0, 0.05) is 36.6 Å². The largest absolute Gasteiger partial charge is 0.351 e. The van der Waals surface area contributed by atoms with Crippen LogP contribution < -0.4 is 5.32 Å². The van der Waals surface area contributed by atoms with E-state index >= 15 is 0 Å². The molecule has 1 aliphatic rings. The highest BCUT2D eigenvalue weighted by atomic mass is 32.1. The lowest BCUT2D eigenvalue weighted by Crippen LogP contribution is -2.43. The molecule has 1 amide bonds. The van der Waals surface area contributed by atoms with Crippen molar-refractivity contribution in [3.05, 3.63) is 50.4 Å². The summed E-state index contributed by atoms with van der Waals surface area (Å²) < 4.78 is 0. The Balaban J connectivity index is 1.46. The van der Waals surface area contributed by atoms with Gasteiger partial charge in [0.05, 0.1) is 0 Å². The molecule has 5 heteroatoms. The summed E-state index contributed by atoms with van der Waals surface area (Å²) in [5, 5.41) is 9.21. The summed E-state index contributed by atoms with van der Waals surface area (Å²) >= 11 is 3.49. The lowest BCUT2D eigenvalue weighted by atomic mass is 10.1. The SMILES string of the molecule is C[C@H](CNC(=O)/C=C\c1ccsc1)N1CCc2sccc2C1. The van der Waals surface area contributed by atoms with E-state index in [2.05, 4.69) is 28.6 Å². The standard InChI is InChI=1S/C17H20N2OS2/c1-13(19-7-4-16-15(11-19)6-9-22-16)10-18-17(20)3-2-14-5-8-21-12-14/h2-3,5-6,8-9,12-13H,4,7,10-11H2,1H3,(H,18,20)/b3-2-/t13-/m1/s1. The fraction of sp³-hybridized carbons (Fsp3) is 0.353. The summed E-state index contributed by atoms with van der Waals surface area (Å²) in [7, 11) is 0. The Morgan fingerprint density at radius 1 is 1.45 bits per heavy atom. The minimum atomic E-state index is -0.0220. The van der Waals surface area contributed by atoms with Gasteiger partial charge in [0.25, 0.3) is 0 Å². The van der Waals surface area contributed by atoms with Gasteiger partial charge in [-0.2, -0.15) is 11.3 Å². The first-order valence-electron chi connectivity index (χ1n) is 7.50. The van der Waals surface area contributed by atoms with Gasteiger partial charge in [-0.05, 0) is 58.8 Å². The quantitative estimate of drug-likeness (QED) is 0.851. The average Bonchev–Trinajstić information content (AvgIpc) is 3.20. The van der Waals surface area contributed by atoms with Crippen LogP contribution in [0, 0.1) is 0 Å². The van der Waals surface area contributed by atoms with Crippen LogP contribution in [0.3, 0.4) is 0 Å². The molecule has 3 heterocycles. The topological polar surface area (TPSA) is 32.3 Å². The highest BCUT2D eigenvalue weighted by Gasteiger charge is 2.21. The molecule has 116 valence electrons. The number of nitrogens with one attached hydrogen (secondary N) is 1. The zero-order valence-corrected chi connectivity index (χ0v) is 14.3. The number of rotatable bonds is 5. The number of hydrogen-bond donors (Lipinski definition) is 1. The molecule has 0 unspecified atom stereocenters. The van der Waals surface area contributed by atoms with Crippen molar-refractivity contribution in [3.63, 3.8) is 0 Å². The molecule has 22 heavy (non-hydrogen) atoms. The van der Waals surface area contributed by atoms with Crippen molar-refractivity contribution in [2.24, 2.45) is 0 Å². The fourth-order valence-corrected chi connectivity index (χ4v) is 4.14. The average molecular weight is 332 g/mol. The predicted molar refractivity (Wildman–Crippen MR) is 94.3 cm³/mol.